The van der Waals surface area contributed by atoms with Gasteiger partial charge in [0.25, 0.3) is 0 Å². The van der Waals surface area contributed by atoms with Crippen molar-refractivity contribution in [3.05, 3.63) is 47.9 Å². The first-order valence-corrected chi connectivity index (χ1v) is 8.95. The Morgan fingerprint density at radius 3 is 2.87 bits per heavy atom. The number of furan rings is 1. The fourth-order valence-electron chi connectivity index (χ4n) is 2.66. The molecule has 0 atom stereocenters. The normalized spacial score (nSPS) is 14.0. The van der Waals surface area contributed by atoms with Gasteiger partial charge in [-0.25, -0.2) is 13.1 Å². The molecule has 122 valence electrons. The summed E-state index contributed by atoms with van der Waals surface area (Å²) in [7, 11) is -3.61. The molecule has 0 saturated carbocycles. The van der Waals surface area contributed by atoms with Crippen LogP contribution < -0.4 is 9.62 Å². The number of sulfonamides is 1. The summed E-state index contributed by atoms with van der Waals surface area (Å²) < 4.78 is 32.4. The SMILES string of the molecule is CCC(=O)N1CCc2cc(S(=O)(=O)NCc3ccco3)ccc21. The van der Waals surface area contributed by atoms with Crippen LogP contribution in [-0.2, 0) is 27.8 Å². The lowest BCUT2D eigenvalue weighted by Gasteiger charge is -2.16. The zero-order valence-electron chi connectivity index (χ0n) is 12.8. The minimum atomic E-state index is -3.61. The van der Waals surface area contributed by atoms with Crippen LogP contribution in [-0.4, -0.2) is 20.9 Å². The molecular formula is C16H18N2O4S. The molecule has 1 aliphatic heterocycles. The average molecular weight is 334 g/mol. The Morgan fingerprint density at radius 1 is 1.35 bits per heavy atom. The first-order valence-electron chi connectivity index (χ1n) is 7.46. The number of benzene rings is 1. The number of nitrogens with zero attached hydrogens (tertiary/aromatic N) is 1. The van der Waals surface area contributed by atoms with Crippen LogP contribution >= 0.6 is 0 Å². The van der Waals surface area contributed by atoms with Gasteiger partial charge in [-0.3, -0.25) is 4.79 Å². The zero-order chi connectivity index (χ0) is 16.4. The van der Waals surface area contributed by atoms with Gasteiger partial charge in [-0.1, -0.05) is 6.92 Å². The third-order valence-electron chi connectivity index (χ3n) is 3.88. The van der Waals surface area contributed by atoms with E-state index in [0.29, 0.717) is 25.1 Å². The van der Waals surface area contributed by atoms with Gasteiger partial charge in [0.15, 0.2) is 0 Å². The van der Waals surface area contributed by atoms with Crippen molar-refractivity contribution in [2.75, 3.05) is 11.4 Å². The lowest BCUT2D eigenvalue weighted by Crippen LogP contribution is -2.27. The predicted octanol–water partition coefficient (Wildman–Crippen LogP) is 2.06. The molecule has 0 unspecified atom stereocenters. The summed E-state index contributed by atoms with van der Waals surface area (Å²) in [5, 5.41) is 0. The maximum Gasteiger partial charge on any atom is 0.240 e. The standard InChI is InChI=1S/C16H18N2O4S/c1-2-16(19)18-8-7-12-10-14(5-6-15(12)18)23(20,21)17-11-13-4-3-9-22-13/h3-6,9-10,17H,2,7-8,11H2,1H3. The highest BCUT2D eigenvalue weighted by Crippen LogP contribution is 2.30. The van der Waals surface area contributed by atoms with E-state index in [9.17, 15) is 13.2 Å². The van der Waals surface area contributed by atoms with Crippen LogP contribution in [0.4, 0.5) is 5.69 Å². The van der Waals surface area contributed by atoms with Gasteiger partial charge in [-0.15, -0.1) is 0 Å². The van der Waals surface area contributed by atoms with Crippen LogP contribution in [0.5, 0.6) is 0 Å². The van der Waals surface area contributed by atoms with Crippen molar-refractivity contribution in [2.24, 2.45) is 0 Å². The fraction of sp³-hybridized carbons (Fsp3) is 0.312. The van der Waals surface area contributed by atoms with Crippen LogP contribution in [0.15, 0.2) is 45.9 Å². The number of carbonyl (C=O) groups excluding carboxylic acids is 1. The summed E-state index contributed by atoms with van der Waals surface area (Å²) in [5.74, 6) is 0.602. The van der Waals surface area contributed by atoms with E-state index in [1.807, 2.05) is 6.92 Å². The number of anilines is 1. The number of nitrogens with one attached hydrogen (secondary N) is 1. The minimum absolute atomic E-state index is 0.0512. The van der Waals surface area contributed by atoms with Crippen molar-refractivity contribution in [1.82, 2.24) is 4.72 Å². The van der Waals surface area contributed by atoms with Crippen molar-refractivity contribution in [3.63, 3.8) is 0 Å². The molecule has 0 saturated heterocycles. The molecule has 6 nitrogen and oxygen atoms in total. The lowest BCUT2D eigenvalue weighted by atomic mass is 10.2. The summed E-state index contributed by atoms with van der Waals surface area (Å²) >= 11 is 0. The monoisotopic (exact) mass is 334 g/mol. The summed E-state index contributed by atoms with van der Waals surface area (Å²) in [5.41, 5.74) is 1.69. The van der Waals surface area contributed by atoms with Crippen LogP contribution in [0, 0.1) is 0 Å². The molecule has 2 heterocycles. The maximum atomic E-state index is 12.4. The molecule has 1 aromatic heterocycles. The largest absolute Gasteiger partial charge is 0.468 e. The Morgan fingerprint density at radius 2 is 2.17 bits per heavy atom. The summed E-state index contributed by atoms with van der Waals surface area (Å²) in [4.78, 5) is 13.8. The molecule has 0 fully saturated rings. The molecule has 2 aromatic rings. The van der Waals surface area contributed by atoms with E-state index in [4.69, 9.17) is 4.42 Å². The van der Waals surface area contributed by atoms with Crippen LogP contribution in [0.3, 0.4) is 0 Å². The number of rotatable bonds is 5. The van der Waals surface area contributed by atoms with Crippen molar-refractivity contribution in [3.8, 4) is 0 Å². The highest BCUT2D eigenvalue weighted by Gasteiger charge is 2.25. The second-order valence-corrected chi connectivity index (χ2v) is 7.11. The number of fused-ring (bicyclic) bond motifs is 1. The average Bonchev–Trinajstić information content (AvgIpc) is 3.21. The third-order valence-corrected chi connectivity index (χ3v) is 5.28. The highest BCUT2D eigenvalue weighted by atomic mass is 32.2. The predicted molar refractivity (Wildman–Crippen MR) is 85.5 cm³/mol. The molecule has 7 heteroatoms. The molecule has 0 radical (unpaired) electrons. The number of amides is 1. The molecule has 0 spiro atoms. The number of carbonyl (C=O) groups is 1. The topological polar surface area (TPSA) is 79.6 Å². The van der Waals surface area contributed by atoms with Crippen LogP contribution in [0.25, 0.3) is 0 Å². The zero-order valence-corrected chi connectivity index (χ0v) is 13.6. The number of hydrogen-bond donors (Lipinski definition) is 1. The van der Waals surface area contributed by atoms with E-state index in [2.05, 4.69) is 4.72 Å². The molecule has 1 aliphatic rings. The van der Waals surface area contributed by atoms with Gasteiger partial charge in [-0.2, -0.15) is 0 Å². The smallest absolute Gasteiger partial charge is 0.240 e. The second-order valence-electron chi connectivity index (χ2n) is 5.34. The maximum absolute atomic E-state index is 12.4. The van der Waals surface area contributed by atoms with Crippen molar-refractivity contribution in [2.45, 2.75) is 31.2 Å². The Labute approximate surface area is 135 Å². The van der Waals surface area contributed by atoms with E-state index in [0.717, 1.165) is 11.3 Å². The Balaban J connectivity index is 1.80. The van der Waals surface area contributed by atoms with Crippen molar-refractivity contribution >= 4 is 21.6 Å². The van der Waals surface area contributed by atoms with E-state index < -0.39 is 10.0 Å². The van der Waals surface area contributed by atoms with Gasteiger partial charge in [0.1, 0.15) is 5.76 Å². The molecular weight excluding hydrogens is 316 g/mol. The van der Waals surface area contributed by atoms with E-state index in [1.54, 1.807) is 29.2 Å². The van der Waals surface area contributed by atoms with Gasteiger partial charge < -0.3 is 9.32 Å². The van der Waals surface area contributed by atoms with E-state index >= 15 is 0 Å². The Hall–Kier alpha value is -2.12. The first-order chi connectivity index (χ1) is 11.0. The molecule has 0 aliphatic carbocycles. The highest BCUT2D eigenvalue weighted by molar-refractivity contribution is 7.89. The summed E-state index contributed by atoms with van der Waals surface area (Å²) in [6.45, 7) is 2.52. The fourth-order valence-corrected chi connectivity index (χ4v) is 3.70. The Bertz CT molecular complexity index is 813. The van der Waals surface area contributed by atoms with Crippen LogP contribution in [0.2, 0.25) is 0 Å². The van der Waals surface area contributed by atoms with Crippen molar-refractivity contribution < 1.29 is 17.6 Å². The molecule has 1 amide bonds. The second kappa shape index (κ2) is 6.17. The van der Waals surface area contributed by atoms with E-state index in [-0.39, 0.29) is 17.3 Å². The van der Waals surface area contributed by atoms with E-state index in [1.165, 1.54) is 12.3 Å². The summed E-state index contributed by atoms with van der Waals surface area (Å²) in [6.07, 6.45) is 2.60. The van der Waals surface area contributed by atoms with Crippen LogP contribution in [0.1, 0.15) is 24.7 Å². The quantitative estimate of drug-likeness (QED) is 0.907. The third kappa shape index (κ3) is 3.16. The molecule has 3 rings (SSSR count). The molecule has 0 bridgehead atoms. The molecule has 1 aromatic carbocycles. The van der Waals surface area contributed by atoms with Gasteiger partial charge in [0.2, 0.25) is 15.9 Å². The lowest BCUT2D eigenvalue weighted by molar-refractivity contribution is -0.118. The molecule has 1 N–H and O–H groups in total. The van der Waals surface area contributed by atoms with Gasteiger partial charge >= 0.3 is 0 Å². The van der Waals surface area contributed by atoms with Gasteiger partial charge in [0, 0.05) is 18.7 Å². The first kappa shape index (κ1) is 15.8. The Kier molecular flexibility index (Phi) is 4.23. The molecule has 23 heavy (non-hydrogen) atoms. The number of hydrogen-bond acceptors (Lipinski definition) is 4. The van der Waals surface area contributed by atoms with Gasteiger partial charge in [-0.05, 0) is 42.3 Å². The van der Waals surface area contributed by atoms with Gasteiger partial charge in [0.05, 0.1) is 17.7 Å². The van der Waals surface area contributed by atoms with Crippen molar-refractivity contribution in [1.29, 1.82) is 0 Å². The minimum Gasteiger partial charge on any atom is -0.468 e. The summed E-state index contributed by atoms with van der Waals surface area (Å²) in [6, 6.07) is 8.29.